The molecule has 0 atom stereocenters. The van der Waals surface area contributed by atoms with Crippen molar-refractivity contribution in [1.29, 1.82) is 0 Å². The third-order valence-corrected chi connectivity index (χ3v) is 4.53. The second-order valence-corrected chi connectivity index (χ2v) is 6.84. The Morgan fingerprint density at radius 3 is 2.65 bits per heavy atom. The number of hydrogen-bond donors (Lipinski definition) is 2. The van der Waals surface area contributed by atoms with E-state index in [1.165, 1.54) is 24.5 Å². The number of aromatic nitrogens is 2. The zero-order valence-corrected chi connectivity index (χ0v) is 17.5. The number of methoxy groups -OCH3 is 1. The number of halogens is 2. The van der Waals surface area contributed by atoms with Gasteiger partial charge >= 0.3 is 0 Å². The van der Waals surface area contributed by atoms with Crippen molar-refractivity contribution in [3.63, 3.8) is 0 Å². The predicted octanol–water partition coefficient (Wildman–Crippen LogP) is 3.52. The van der Waals surface area contributed by atoms with E-state index in [9.17, 15) is 9.18 Å². The van der Waals surface area contributed by atoms with Gasteiger partial charge in [-0.2, -0.15) is 0 Å². The molecule has 0 unspecified atom stereocenters. The minimum absolute atomic E-state index is 0.0187. The molecular weight excluding hydrogens is 429 g/mol. The molecule has 31 heavy (non-hydrogen) atoms. The van der Waals surface area contributed by atoms with Gasteiger partial charge in [-0.1, -0.05) is 11.6 Å². The standard InChI is InChI=1S/C21H21ClFN3O5/c1-29-6-7-31-20-10-18-15(9-19(20)30-5-4-14(28)11-27)21(25-12-24-18)26-13-2-3-17(23)16(22)8-13/h2-3,8-10,12,27H,4-7,11H2,1H3,(H,24,25,26). The summed E-state index contributed by atoms with van der Waals surface area (Å²) >= 11 is 5.86. The lowest BCUT2D eigenvalue weighted by molar-refractivity contribution is -0.122. The summed E-state index contributed by atoms with van der Waals surface area (Å²) in [7, 11) is 1.56. The number of ketones is 1. The summed E-state index contributed by atoms with van der Waals surface area (Å²) in [6.45, 7) is 0.191. The highest BCUT2D eigenvalue weighted by atomic mass is 35.5. The Bertz CT molecular complexity index is 1070. The van der Waals surface area contributed by atoms with Crippen LogP contribution >= 0.6 is 11.6 Å². The van der Waals surface area contributed by atoms with Crippen molar-refractivity contribution in [2.75, 3.05) is 38.9 Å². The molecule has 0 aliphatic rings. The number of carbonyl (C=O) groups excluding carboxylic acids is 1. The summed E-state index contributed by atoms with van der Waals surface area (Å²) in [6.07, 6.45) is 1.44. The Hall–Kier alpha value is -3.01. The van der Waals surface area contributed by atoms with Crippen LogP contribution in [0.15, 0.2) is 36.7 Å². The van der Waals surface area contributed by atoms with Gasteiger partial charge in [-0.05, 0) is 24.3 Å². The smallest absolute Gasteiger partial charge is 0.163 e. The van der Waals surface area contributed by atoms with Crippen molar-refractivity contribution in [2.24, 2.45) is 0 Å². The van der Waals surface area contributed by atoms with Crippen molar-refractivity contribution in [3.8, 4) is 11.5 Å². The maximum Gasteiger partial charge on any atom is 0.163 e. The molecule has 0 aliphatic carbocycles. The van der Waals surface area contributed by atoms with Crippen LogP contribution in [0.3, 0.4) is 0 Å². The highest BCUT2D eigenvalue weighted by Gasteiger charge is 2.14. The summed E-state index contributed by atoms with van der Waals surface area (Å²) in [5.41, 5.74) is 1.12. The number of nitrogens with zero attached hydrogens (tertiary/aromatic N) is 2. The first-order valence-electron chi connectivity index (χ1n) is 9.39. The van der Waals surface area contributed by atoms with Gasteiger partial charge in [-0.15, -0.1) is 0 Å². The number of nitrogens with one attached hydrogen (secondary N) is 1. The largest absolute Gasteiger partial charge is 0.489 e. The molecule has 0 bridgehead atoms. The summed E-state index contributed by atoms with van der Waals surface area (Å²) in [5.74, 6) is 0.402. The van der Waals surface area contributed by atoms with E-state index in [0.717, 1.165) is 0 Å². The van der Waals surface area contributed by atoms with E-state index in [1.807, 2.05) is 0 Å². The van der Waals surface area contributed by atoms with E-state index in [-0.39, 0.29) is 30.4 Å². The van der Waals surface area contributed by atoms with Crippen LogP contribution in [-0.4, -0.2) is 54.4 Å². The minimum Gasteiger partial charge on any atom is -0.489 e. The van der Waals surface area contributed by atoms with E-state index in [4.69, 9.17) is 30.9 Å². The average molecular weight is 450 g/mol. The lowest BCUT2D eigenvalue weighted by Gasteiger charge is -2.15. The van der Waals surface area contributed by atoms with Gasteiger partial charge in [0.05, 0.1) is 23.8 Å². The number of hydrogen-bond acceptors (Lipinski definition) is 8. The van der Waals surface area contributed by atoms with E-state index in [0.29, 0.717) is 40.5 Å². The summed E-state index contributed by atoms with van der Waals surface area (Å²) in [5, 5.41) is 12.6. The number of aliphatic hydroxyl groups is 1. The van der Waals surface area contributed by atoms with Crippen LogP contribution in [0, 0.1) is 5.82 Å². The van der Waals surface area contributed by atoms with Gasteiger partial charge in [0, 0.05) is 30.7 Å². The van der Waals surface area contributed by atoms with Crippen molar-refractivity contribution in [3.05, 3.63) is 47.5 Å². The number of Topliss-reactive ketones (excluding diaryl/α,β-unsaturated/α-hetero) is 1. The van der Waals surface area contributed by atoms with Gasteiger partial charge in [-0.25, -0.2) is 14.4 Å². The second-order valence-electron chi connectivity index (χ2n) is 6.43. The van der Waals surface area contributed by atoms with E-state index < -0.39 is 12.4 Å². The Balaban J connectivity index is 1.93. The van der Waals surface area contributed by atoms with Gasteiger partial charge in [0.25, 0.3) is 0 Å². The number of carbonyl (C=O) groups is 1. The van der Waals surface area contributed by atoms with Gasteiger partial charge in [0.15, 0.2) is 17.3 Å². The van der Waals surface area contributed by atoms with Crippen molar-refractivity contribution in [2.45, 2.75) is 6.42 Å². The molecule has 0 amide bonds. The van der Waals surface area contributed by atoms with Gasteiger partial charge < -0.3 is 24.6 Å². The second kappa shape index (κ2) is 10.9. The SMILES string of the molecule is COCCOc1cc2ncnc(Nc3ccc(F)c(Cl)c3)c2cc1OCCC(=O)CO. The molecule has 8 nitrogen and oxygen atoms in total. The maximum atomic E-state index is 13.5. The fraction of sp³-hybridized carbons (Fsp3) is 0.286. The number of rotatable bonds is 11. The van der Waals surface area contributed by atoms with E-state index in [2.05, 4.69) is 15.3 Å². The number of anilines is 2. The molecule has 2 aromatic carbocycles. The monoisotopic (exact) mass is 449 g/mol. The molecule has 2 N–H and O–H groups in total. The third kappa shape index (κ3) is 6.00. The molecule has 0 aliphatic heterocycles. The zero-order valence-electron chi connectivity index (χ0n) is 16.7. The highest BCUT2D eigenvalue weighted by molar-refractivity contribution is 6.31. The summed E-state index contributed by atoms with van der Waals surface area (Å²) in [4.78, 5) is 19.9. The molecule has 1 heterocycles. The molecule has 0 saturated carbocycles. The van der Waals surface area contributed by atoms with Crippen LogP contribution in [0.2, 0.25) is 5.02 Å². The van der Waals surface area contributed by atoms with Crippen molar-refractivity contribution < 1.29 is 28.5 Å². The number of benzene rings is 2. The van der Waals surface area contributed by atoms with Crippen LogP contribution in [-0.2, 0) is 9.53 Å². The molecule has 0 radical (unpaired) electrons. The van der Waals surface area contributed by atoms with Crippen molar-refractivity contribution in [1.82, 2.24) is 9.97 Å². The molecule has 1 aromatic heterocycles. The van der Waals surface area contributed by atoms with Crippen LogP contribution in [0.1, 0.15) is 6.42 Å². The Morgan fingerprint density at radius 1 is 1.13 bits per heavy atom. The molecule has 0 saturated heterocycles. The summed E-state index contributed by atoms with van der Waals surface area (Å²) in [6, 6.07) is 7.62. The Labute approximate surface area is 182 Å². The van der Waals surface area contributed by atoms with Crippen molar-refractivity contribution >= 4 is 39.8 Å². The van der Waals surface area contributed by atoms with Crippen LogP contribution in [0.25, 0.3) is 10.9 Å². The topological polar surface area (TPSA) is 103 Å². The minimum atomic E-state index is -0.541. The molecule has 3 aromatic rings. The fourth-order valence-corrected chi connectivity index (χ4v) is 2.87. The van der Waals surface area contributed by atoms with Gasteiger partial charge in [0.2, 0.25) is 0 Å². The average Bonchev–Trinajstić information content (AvgIpc) is 2.77. The summed E-state index contributed by atoms with van der Waals surface area (Å²) < 4.78 is 29.9. The van der Waals surface area contributed by atoms with E-state index >= 15 is 0 Å². The first-order chi connectivity index (χ1) is 15.0. The van der Waals surface area contributed by atoms with Crippen LogP contribution < -0.4 is 14.8 Å². The molecule has 0 spiro atoms. The number of fused-ring (bicyclic) bond motifs is 1. The Kier molecular flexibility index (Phi) is 7.94. The normalized spacial score (nSPS) is 10.8. The first-order valence-corrected chi connectivity index (χ1v) is 9.77. The number of ether oxygens (including phenoxy) is 3. The molecule has 0 fully saturated rings. The predicted molar refractivity (Wildman–Crippen MR) is 114 cm³/mol. The fourth-order valence-electron chi connectivity index (χ4n) is 2.69. The zero-order chi connectivity index (χ0) is 22.2. The van der Waals surface area contributed by atoms with Gasteiger partial charge in [-0.3, -0.25) is 4.79 Å². The first kappa shape index (κ1) is 22.7. The van der Waals surface area contributed by atoms with E-state index in [1.54, 1.807) is 19.2 Å². The maximum absolute atomic E-state index is 13.5. The highest BCUT2D eigenvalue weighted by Crippen LogP contribution is 2.35. The van der Waals surface area contributed by atoms with Crippen LogP contribution in [0.5, 0.6) is 11.5 Å². The van der Waals surface area contributed by atoms with Gasteiger partial charge in [0.1, 0.15) is 31.2 Å². The third-order valence-electron chi connectivity index (χ3n) is 4.24. The molecule has 3 rings (SSSR count). The molecule has 10 heteroatoms. The lowest BCUT2D eigenvalue weighted by Crippen LogP contribution is -2.11. The molecule has 164 valence electrons. The molecular formula is C21H21ClFN3O5. The Morgan fingerprint density at radius 2 is 1.90 bits per heavy atom. The van der Waals surface area contributed by atoms with Crippen LogP contribution in [0.4, 0.5) is 15.9 Å². The number of aliphatic hydroxyl groups excluding tert-OH is 1. The lowest BCUT2D eigenvalue weighted by atomic mass is 10.2. The quantitative estimate of drug-likeness (QED) is 0.429.